The Hall–Kier alpha value is -1.13. The van der Waals surface area contributed by atoms with Gasteiger partial charge in [-0.3, -0.25) is 0 Å². The van der Waals surface area contributed by atoms with E-state index in [9.17, 15) is 0 Å². The first-order valence-electron chi connectivity index (χ1n) is 5.28. The van der Waals surface area contributed by atoms with Crippen molar-refractivity contribution < 1.29 is 9.84 Å². The van der Waals surface area contributed by atoms with Crippen LogP contribution in [0.25, 0.3) is 0 Å². The van der Waals surface area contributed by atoms with Crippen LogP contribution in [-0.2, 0) is 11.3 Å². The molecule has 4 nitrogen and oxygen atoms in total. The van der Waals surface area contributed by atoms with E-state index >= 15 is 0 Å². The van der Waals surface area contributed by atoms with Gasteiger partial charge in [0.25, 0.3) is 0 Å². The summed E-state index contributed by atoms with van der Waals surface area (Å²) in [6.07, 6.45) is 2.77. The first-order chi connectivity index (χ1) is 7.40. The Morgan fingerprint density at radius 2 is 2.27 bits per heavy atom. The summed E-state index contributed by atoms with van der Waals surface area (Å²) in [5, 5.41) is 8.91. The van der Waals surface area contributed by atoms with Crippen LogP contribution in [0.2, 0.25) is 0 Å². The van der Waals surface area contributed by atoms with Gasteiger partial charge in [0.1, 0.15) is 5.82 Å². The topological polar surface area (TPSA) is 45.6 Å². The largest absolute Gasteiger partial charge is 0.392 e. The fraction of sp³-hybridized carbons (Fsp3) is 0.545. The van der Waals surface area contributed by atoms with E-state index in [0.717, 1.165) is 44.1 Å². The lowest BCUT2D eigenvalue weighted by Crippen LogP contribution is -2.26. The van der Waals surface area contributed by atoms with Crippen molar-refractivity contribution in [3.63, 3.8) is 0 Å². The Morgan fingerprint density at radius 1 is 1.33 bits per heavy atom. The second-order valence-corrected chi connectivity index (χ2v) is 3.64. The Labute approximate surface area is 89.5 Å². The first-order valence-corrected chi connectivity index (χ1v) is 5.28. The van der Waals surface area contributed by atoms with E-state index in [4.69, 9.17) is 9.84 Å². The summed E-state index contributed by atoms with van der Waals surface area (Å²) >= 11 is 0. The lowest BCUT2D eigenvalue weighted by molar-refractivity contribution is 0.152. The van der Waals surface area contributed by atoms with E-state index in [-0.39, 0.29) is 6.61 Å². The summed E-state index contributed by atoms with van der Waals surface area (Å²) in [5.41, 5.74) is 0.852. The zero-order chi connectivity index (χ0) is 10.5. The summed E-state index contributed by atoms with van der Waals surface area (Å²) in [6.45, 7) is 3.54. The Kier molecular flexibility index (Phi) is 3.53. The number of aliphatic hydroxyl groups is 1. The van der Waals surface area contributed by atoms with Gasteiger partial charge >= 0.3 is 0 Å². The predicted octanol–water partition coefficient (Wildman–Crippen LogP) is 0.801. The van der Waals surface area contributed by atoms with E-state index in [2.05, 4.69) is 9.88 Å². The van der Waals surface area contributed by atoms with Gasteiger partial charge in [0.15, 0.2) is 0 Å². The van der Waals surface area contributed by atoms with Gasteiger partial charge in [-0.05, 0) is 18.1 Å². The molecule has 1 N–H and O–H groups in total. The molecule has 1 fully saturated rings. The van der Waals surface area contributed by atoms with Crippen LogP contribution in [0.15, 0.2) is 18.3 Å². The van der Waals surface area contributed by atoms with Crippen LogP contribution < -0.4 is 4.90 Å². The minimum atomic E-state index is 0.0520. The molecule has 0 bridgehead atoms. The molecule has 82 valence electrons. The third kappa shape index (κ3) is 2.67. The van der Waals surface area contributed by atoms with E-state index in [1.165, 1.54) is 0 Å². The molecule has 0 atom stereocenters. The lowest BCUT2D eigenvalue weighted by atomic mass is 10.3. The quantitative estimate of drug-likeness (QED) is 0.781. The molecule has 1 aliphatic heterocycles. The van der Waals surface area contributed by atoms with Crippen LogP contribution in [0.1, 0.15) is 12.0 Å². The van der Waals surface area contributed by atoms with Crippen molar-refractivity contribution in [3.8, 4) is 0 Å². The maximum atomic E-state index is 8.91. The summed E-state index contributed by atoms with van der Waals surface area (Å²) in [4.78, 5) is 6.54. The molecule has 1 aromatic heterocycles. The Bertz CT molecular complexity index is 292. The first kappa shape index (κ1) is 10.4. The highest BCUT2D eigenvalue weighted by atomic mass is 16.5. The van der Waals surface area contributed by atoms with Gasteiger partial charge in [-0.25, -0.2) is 4.98 Å². The minimum Gasteiger partial charge on any atom is -0.392 e. The molecule has 1 aliphatic rings. The van der Waals surface area contributed by atoms with Crippen LogP contribution in [-0.4, -0.2) is 36.4 Å². The highest BCUT2D eigenvalue weighted by Gasteiger charge is 2.10. The van der Waals surface area contributed by atoms with Crippen molar-refractivity contribution in [2.24, 2.45) is 0 Å². The number of nitrogens with zero attached hydrogens (tertiary/aromatic N) is 2. The number of pyridine rings is 1. The molecule has 4 heteroatoms. The zero-order valence-electron chi connectivity index (χ0n) is 8.72. The highest BCUT2D eigenvalue weighted by Crippen LogP contribution is 2.13. The standard InChI is InChI=1S/C11H16N2O2/c14-9-10-2-3-11(12-8-10)13-4-1-6-15-7-5-13/h2-3,8,14H,1,4-7,9H2. The average Bonchev–Trinajstić information content (AvgIpc) is 2.58. The molecule has 2 rings (SSSR count). The molecule has 0 amide bonds. The van der Waals surface area contributed by atoms with Crippen LogP contribution >= 0.6 is 0 Å². The van der Waals surface area contributed by atoms with Gasteiger partial charge in [-0.15, -0.1) is 0 Å². The Morgan fingerprint density at radius 3 is 3.00 bits per heavy atom. The molecule has 0 aliphatic carbocycles. The van der Waals surface area contributed by atoms with Crippen molar-refractivity contribution in [3.05, 3.63) is 23.9 Å². The number of hydrogen-bond acceptors (Lipinski definition) is 4. The van der Waals surface area contributed by atoms with Crippen LogP contribution in [0.3, 0.4) is 0 Å². The van der Waals surface area contributed by atoms with Crippen LogP contribution in [0.5, 0.6) is 0 Å². The number of anilines is 1. The number of aliphatic hydroxyl groups excluding tert-OH is 1. The average molecular weight is 208 g/mol. The fourth-order valence-electron chi connectivity index (χ4n) is 1.67. The SMILES string of the molecule is OCc1ccc(N2CCCOCC2)nc1. The van der Waals surface area contributed by atoms with Gasteiger partial charge in [0.05, 0.1) is 13.2 Å². The normalized spacial score (nSPS) is 17.5. The summed E-state index contributed by atoms with van der Waals surface area (Å²) in [5.74, 6) is 0.970. The monoisotopic (exact) mass is 208 g/mol. The summed E-state index contributed by atoms with van der Waals surface area (Å²) < 4.78 is 5.38. The molecule has 2 heterocycles. The van der Waals surface area contributed by atoms with E-state index in [0.29, 0.717) is 0 Å². The molecular weight excluding hydrogens is 192 g/mol. The molecule has 0 radical (unpaired) electrons. The number of hydrogen-bond donors (Lipinski definition) is 1. The third-order valence-corrected chi connectivity index (χ3v) is 2.54. The predicted molar refractivity (Wildman–Crippen MR) is 57.8 cm³/mol. The van der Waals surface area contributed by atoms with Crippen LogP contribution in [0.4, 0.5) is 5.82 Å². The lowest BCUT2D eigenvalue weighted by Gasteiger charge is -2.20. The number of ether oxygens (including phenoxy) is 1. The molecule has 0 unspecified atom stereocenters. The van der Waals surface area contributed by atoms with Gasteiger partial charge in [-0.2, -0.15) is 0 Å². The van der Waals surface area contributed by atoms with Gasteiger partial charge < -0.3 is 14.7 Å². The number of aromatic nitrogens is 1. The molecule has 1 saturated heterocycles. The van der Waals surface area contributed by atoms with Gasteiger partial charge in [0, 0.05) is 25.9 Å². The van der Waals surface area contributed by atoms with Crippen molar-refractivity contribution >= 4 is 5.82 Å². The number of rotatable bonds is 2. The van der Waals surface area contributed by atoms with Crippen molar-refractivity contribution in [1.29, 1.82) is 0 Å². The van der Waals surface area contributed by atoms with E-state index in [1.54, 1.807) is 6.20 Å². The molecule has 15 heavy (non-hydrogen) atoms. The summed E-state index contributed by atoms with van der Waals surface area (Å²) in [6, 6.07) is 3.87. The van der Waals surface area contributed by atoms with Crippen molar-refractivity contribution in [2.45, 2.75) is 13.0 Å². The van der Waals surface area contributed by atoms with Crippen LogP contribution in [0, 0.1) is 0 Å². The van der Waals surface area contributed by atoms with E-state index < -0.39 is 0 Å². The zero-order valence-corrected chi connectivity index (χ0v) is 8.72. The smallest absolute Gasteiger partial charge is 0.128 e. The fourth-order valence-corrected chi connectivity index (χ4v) is 1.67. The molecule has 0 aromatic carbocycles. The molecule has 0 spiro atoms. The molecular formula is C11H16N2O2. The molecule has 1 aromatic rings. The highest BCUT2D eigenvalue weighted by molar-refractivity contribution is 5.39. The van der Waals surface area contributed by atoms with Crippen molar-refractivity contribution in [1.82, 2.24) is 4.98 Å². The summed E-state index contributed by atoms with van der Waals surface area (Å²) in [7, 11) is 0. The van der Waals surface area contributed by atoms with Crippen molar-refractivity contribution in [2.75, 3.05) is 31.2 Å². The minimum absolute atomic E-state index is 0.0520. The maximum absolute atomic E-state index is 8.91. The third-order valence-electron chi connectivity index (χ3n) is 2.54. The second kappa shape index (κ2) is 5.09. The second-order valence-electron chi connectivity index (χ2n) is 3.64. The van der Waals surface area contributed by atoms with Gasteiger partial charge in [0.2, 0.25) is 0 Å². The maximum Gasteiger partial charge on any atom is 0.128 e. The Balaban J connectivity index is 2.06. The molecule has 0 saturated carbocycles. The van der Waals surface area contributed by atoms with Gasteiger partial charge in [-0.1, -0.05) is 6.07 Å². The van der Waals surface area contributed by atoms with E-state index in [1.807, 2.05) is 12.1 Å².